The zero-order valence-corrected chi connectivity index (χ0v) is 13.1. The van der Waals surface area contributed by atoms with Crippen molar-refractivity contribution in [3.63, 3.8) is 0 Å². The molecule has 1 aromatic carbocycles. The van der Waals surface area contributed by atoms with Crippen LogP contribution in [-0.4, -0.2) is 22.8 Å². The number of nitrogens with zero attached hydrogens (tertiary/aromatic N) is 2. The van der Waals surface area contributed by atoms with E-state index in [0.29, 0.717) is 17.8 Å². The molecule has 0 N–H and O–H groups in total. The van der Waals surface area contributed by atoms with Crippen molar-refractivity contribution in [2.45, 2.75) is 25.3 Å². The number of aromatic nitrogens is 2. The highest BCUT2D eigenvalue weighted by Crippen LogP contribution is 2.32. The highest BCUT2D eigenvalue weighted by molar-refractivity contribution is 9.10. The van der Waals surface area contributed by atoms with Gasteiger partial charge >= 0.3 is 0 Å². The van der Waals surface area contributed by atoms with Crippen LogP contribution in [0.15, 0.2) is 22.7 Å². The number of benzene rings is 1. The number of hydrogen-bond donors (Lipinski definition) is 0. The summed E-state index contributed by atoms with van der Waals surface area (Å²) >= 11 is 9.60. The average molecular weight is 344 g/mol. The molecule has 3 nitrogen and oxygen atoms in total. The highest BCUT2D eigenvalue weighted by atomic mass is 79.9. The van der Waals surface area contributed by atoms with Crippen molar-refractivity contribution in [1.29, 1.82) is 0 Å². The van der Waals surface area contributed by atoms with E-state index in [0.717, 1.165) is 41.0 Å². The van der Waals surface area contributed by atoms with Crippen LogP contribution in [0.3, 0.4) is 0 Å². The van der Waals surface area contributed by atoms with Crippen molar-refractivity contribution < 1.29 is 4.74 Å². The van der Waals surface area contributed by atoms with Gasteiger partial charge in [-0.2, -0.15) is 0 Å². The van der Waals surface area contributed by atoms with Crippen molar-refractivity contribution in [2.75, 3.05) is 13.2 Å². The molecule has 2 atom stereocenters. The first-order valence-corrected chi connectivity index (χ1v) is 7.83. The molecule has 1 aromatic heterocycles. The first-order chi connectivity index (χ1) is 9.20. The Bertz CT molecular complexity index is 592. The normalized spacial score (nSPS) is 21.1. The number of imidazole rings is 1. The molecule has 0 saturated carbocycles. The van der Waals surface area contributed by atoms with Gasteiger partial charge in [0.25, 0.3) is 0 Å². The monoisotopic (exact) mass is 342 g/mol. The van der Waals surface area contributed by atoms with Gasteiger partial charge in [-0.25, -0.2) is 4.98 Å². The van der Waals surface area contributed by atoms with Gasteiger partial charge in [-0.1, -0.05) is 15.9 Å². The van der Waals surface area contributed by atoms with Crippen LogP contribution in [0, 0.1) is 5.92 Å². The van der Waals surface area contributed by atoms with Crippen LogP contribution < -0.4 is 0 Å². The summed E-state index contributed by atoms with van der Waals surface area (Å²) in [7, 11) is 0. The first-order valence-electron chi connectivity index (χ1n) is 6.50. The standard InChI is InChI=1S/C14H16BrClN2O/c1-9(10-4-5-19-8-10)18-13-6-11(15)2-3-12(13)17-14(18)7-16/h2-3,6,9-10H,4-5,7-8H2,1H3. The van der Waals surface area contributed by atoms with E-state index >= 15 is 0 Å². The summed E-state index contributed by atoms with van der Waals surface area (Å²) in [6.07, 6.45) is 1.11. The molecule has 2 aromatic rings. The lowest BCUT2D eigenvalue weighted by atomic mass is 10.0. The van der Waals surface area contributed by atoms with Crippen molar-refractivity contribution >= 4 is 38.6 Å². The minimum absolute atomic E-state index is 0.357. The van der Waals surface area contributed by atoms with E-state index in [1.54, 1.807) is 0 Å². The Labute approximate surface area is 126 Å². The molecule has 0 amide bonds. The summed E-state index contributed by atoms with van der Waals surface area (Å²) in [5, 5.41) is 0. The molecular formula is C14H16BrClN2O. The van der Waals surface area contributed by atoms with Gasteiger partial charge in [0, 0.05) is 23.0 Å². The van der Waals surface area contributed by atoms with Gasteiger partial charge < -0.3 is 9.30 Å². The molecule has 0 radical (unpaired) electrons. The van der Waals surface area contributed by atoms with E-state index < -0.39 is 0 Å². The van der Waals surface area contributed by atoms with Crippen molar-refractivity contribution in [2.24, 2.45) is 5.92 Å². The molecule has 2 unspecified atom stereocenters. The number of hydrogen-bond acceptors (Lipinski definition) is 2. The number of fused-ring (bicyclic) bond motifs is 1. The maximum Gasteiger partial charge on any atom is 0.125 e. The van der Waals surface area contributed by atoms with E-state index in [4.69, 9.17) is 16.3 Å². The molecule has 5 heteroatoms. The zero-order chi connectivity index (χ0) is 13.4. The Balaban J connectivity index is 2.11. The van der Waals surface area contributed by atoms with E-state index in [2.05, 4.69) is 38.5 Å². The predicted octanol–water partition coefficient (Wildman–Crippen LogP) is 4.14. The lowest BCUT2D eigenvalue weighted by molar-refractivity contribution is 0.175. The quantitative estimate of drug-likeness (QED) is 0.783. The van der Waals surface area contributed by atoms with Crippen LogP contribution >= 0.6 is 27.5 Å². The van der Waals surface area contributed by atoms with Crippen LogP contribution in [0.4, 0.5) is 0 Å². The summed E-state index contributed by atoms with van der Waals surface area (Å²) in [5.41, 5.74) is 2.15. The Morgan fingerprint density at radius 3 is 3.11 bits per heavy atom. The van der Waals surface area contributed by atoms with Gasteiger partial charge in [0.2, 0.25) is 0 Å². The topological polar surface area (TPSA) is 27.1 Å². The number of ether oxygens (including phenoxy) is 1. The summed E-state index contributed by atoms with van der Waals surface area (Å²) < 4.78 is 8.85. The molecule has 1 aliphatic heterocycles. The molecule has 3 rings (SSSR count). The van der Waals surface area contributed by atoms with Crippen LogP contribution in [0.25, 0.3) is 11.0 Å². The van der Waals surface area contributed by atoms with E-state index in [9.17, 15) is 0 Å². The Morgan fingerprint density at radius 1 is 1.58 bits per heavy atom. The average Bonchev–Trinajstić information content (AvgIpc) is 3.04. The van der Waals surface area contributed by atoms with Crippen LogP contribution in [0.2, 0.25) is 0 Å². The number of alkyl halides is 1. The molecule has 1 saturated heterocycles. The van der Waals surface area contributed by atoms with Crippen molar-refractivity contribution in [3.05, 3.63) is 28.5 Å². The first kappa shape index (κ1) is 13.4. The Hall–Kier alpha value is -0.580. The third-order valence-electron chi connectivity index (χ3n) is 3.90. The zero-order valence-electron chi connectivity index (χ0n) is 10.8. The van der Waals surface area contributed by atoms with Crippen molar-refractivity contribution in [3.8, 4) is 0 Å². The van der Waals surface area contributed by atoms with Crippen LogP contribution in [0.5, 0.6) is 0 Å². The van der Waals surface area contributed by atoms with Crippen LogP contribution in [0.1, 0.15) is 25.2 Å². The maximum atomic E-state index is 6.07. The highest BCUT2D eigenvalue weighted by Gasteiger charge is 2.26. The maximum absolute atomic E-state index is 6.07. The summed E-state index contributed by atoms with van der Waals surface area (Å²) in [4.78, 5) is 4.63. The Morgan fingerprint density at radius 2 is 2.42 bits per heavy atom. The molecule has 102 valence electrons. The number of halogens is 2. The fourth-order valence-electron chi connectivity index (χ4n) is 2.81. The predicted molar refractivity (Wildman–Crippen MR) is 80.6 cm³/mol. The molecule has 19 heavy (non-hydrogen) atoms. The second kappa shape index (κ2) is 5.43. The molecule has 1 fully saturated rings. The summed E-state index contributed by atoms with van der Waals surface area (Å²) in [5.74, 6) is 1.91. The van der Waals surface area contributed by atoms with Gasteiger partial charge in [-0.3, -0.25) is 0 Å². The van der Waals surface area contributed by atoms with Gasteiger partial charge in [-0.15, -0.1) is 11.6 Å². The Kier molecular flexibility index (Phi) is 3.83. The van der Waals surface area contributed by atoms with Crippen molar-refractivity contribution in [1.82, 2.24) is 9.55 Å². The number of rotatable bonds is 3. The molecule has 0 bridgehead atoms. The second-order valence-electron chi connectivity index (χ2n) is 5.03. The van der Waals surface area contributed by atoms with Crippen LogP contribution in [-0.2, 0) is 10.6 Å². The molecule has 0 aliphatic carbocycles. The third-order valence-corrected chi connectivity index (χ3v) is 4.63. The molecule has 2 heterocycles. The van der Waals surface area contributed by atoms with Gasteiger partial charge in [0.05, 0.1) is 23.5 Å². The van der Waals surface area contributed by atoms with Gasteiger partial charge in [0.15, 0.2) is 0 Å². The molecule has 0 spiro atoms. The third kappa shape index (κ3) is 2.41. The van der Waals surface area contributed by atoms with Gasteiger partial charge in [-0.05, 0) is 31.5 Å². The smallest absolute Gasteiger partial charge is 0.125 e. The molecular weight excluding hydrogens is 328 g/mol. The largest absolute Gasteiger partial charge is 0.381 e. The minimum atomic E-state index is 0.357. The lowest BCUT2D eigenvalue weighted by Gasteiger charge is -2.22. The summed E-state index contributed by atoms with van der Waals surface area (Å²) in [6, 6.07) is 6.52. The van der Waals surface area contributed by atoms with E-state index in [1.165, 1.54) is 0 Å². The van der Waals surface area contributed by atoms with E-state index in [-0.39, 0.29) is 0 Å². The lowest BCUT2D eigenvalue weighted by Crippen LogP contribution is -2.18. The summed E-state index contributed by atoms with van der Waals surface area (Å²) in [6.45, 7) is 3.93. The second-order valence-corrected chi connectivity index (χ2v) is 6.21. The fraction of sp³-hybridized carbons (Fsp3) is 0.500. The minimum Gasteiger partial charge on any atom is -0.381 e. The molecule has 1 aliphatic rings. The van der Waals surface area contributed by atoms with E-state index in [1.807, 2.05) is 12.1 Å². The van der Waals surface area contributed by atoms with Gasteiger partial charge in [0.1, 0.15) is 5.82 Å². The fourth-order valence-corrected chi connectivity index (χ4v) is 3.35. The SMILES string of the molecule is CC(C1CCOC1)n1c(CCl)nc2ccc(Br)cc21.